The van der Waals surface area contributed by atoms with E-state index in [9.17, 15) is 4.79 Å². The third-order valence-electron chi connectivity index (χ3n) is 4.22. The molecular formula is C18H21N3O2. The summed E-state index contributed by atoms with van der Waals surface area (Å²) >= 11 is 0. The normalized spacial score (nSPS) is 18.0. The number of amides is 1. The van der Waals surface area contributed by atoms with E-state index in [1.807, 2.05) is 48.2 Å². The number of carbonyl (C=O) groups is 1. The van der Waals surface area contributed by atoms with Gasteiger partial charge in [0.25, 0.3) is 5.91 Å². The molecule has 1 atom stereocenters. The third kappa shape index (κ3) is 3.56. The summed E-state index contributed by atoms with van der Waals surface area (Å²) < 4.78 is 5.38. The molecule has 5 nitrogen and oxygen atoms in total. The van der Waals surface area contributed by atoms with E-state index < -0.39 is 0 Å². The molecule has 3 rings (SSSR count). The van der Waals surface area contributed by atoms with Gasteiger partial charge in [0.15, 0.2) is 0 Å². The van der Waals surface area contributed by atoms with E-state index in [2.05, 4.69) is 10.2 Å². The maximum Gasteiger partial charge on any atom is 0.253 e. The van der Waals surface area contributed by atoms with Crippen molar-refractivity contribution in [2.75, 3.05) is 20.2 Å². The number of rotatable bonds is 3. The number of hydrogen-bond acceptors (Lipinski definition) is 4. The first-order chi connectivity index (χ1) is 11.2. The maximum absolute atomic E-state index is 12.6. The summed E-state index contributed by atoms with van der Waals surface area (Å²) in [5.41, 5.74) is 3.36. The molecule has 1 aromatic carbocycles. The fourth-order valence-corrected chi connectivity index (χ4v) is 2.83. The summed E-state index contributed by atoms with van der Waals surface area (Å²) in [5.74, 6) is 0.0632. The van der Waals surface area contributed by atoms with Crippen LogP contribution in [-0.2, 0) is 4.74 Å². The van der Waals surface area contributed by atoms with Crippen molar-refractivity contribution in [2.24, 2.45) is 0 Å². The van der Waals surface area contributed by atoms with Gasteiger partial charge in [-0.1, -0.05) is 12.1 Å². The number of piperidine rings is 1. The van der Waals surface area contributed by atoms with Gasteiger partial charge in [-0.25, -0.2) is 0 Å². The smallest absolute Gasteiger partial charge is 0.253 e. The van der Waals surface area contributed by atoms with Gasteiger partial charge in [-0.15, -0.1) is 0 Å². The Bertz CT molecular complexity index is 668. The Hall–Kier alpha value is -2.27. The molecule has 1 saturated heterocycles. The molecular weight excluding hydrogens is 290 g/mol. The van der Waals surface area contributed by atoms with Gasteiger partial charge in [-0.2, -0.15) is 10.2 Å². The summed E-state index contributed by atoms with van der Waals surface area (Å²) in [6.45, 7) is 3.37. The van der Waals surface area contributed by atoms with Crippen LogP contribution >= 0.6 is 0 Å². The molecule has 1 aliphatic rings. The van der Waals surface area contributed by atoms with Crippen molar-refractivity contribution in [1.29, 1.82) is 0 Å². The van der Waals surface area contributed by atoms with E-state index in [4.69, 9.17) is 4.74 Å². The van der Waals surface area contributed by atoms with Gasteiger partial charge in [0.2, 0.25) is 0 Å². The van der Waals surface area contributed by atoms with Gasteiger partial charge >= 0.3 is 0 Å². The summed E-state index contributed by atoms with van der Waals surface area (Å²) in [6, 6.07) is 11.4. The second kappa shape index (κ2) is 6.87. The van der Waals surface area contributed by atoms with Gasteiger partial charge in [0, 0.05) is 31.3 Å². The highest BCUT2D eigenvalue weighted by Gasteiger charge is 2.24. The summed E-state index contributed by atoms with van der Waals surface area (Å²) in [7, 11) is 1.70. The first-order valence-electron chi connectivity index (χ1n) is 7.90. The summed E-state index contributed by atoms with van der Waals surface area (Å²) in [6.07, 6.45) is 2.15. The molecule has 1 amide bonds. The molecule has 0 spiro atoms. The van der Waals surface area contributed by atoms with Gasteiger partial charge in [-0.05, 0) is 44.0 Å². The molecule has 5 heteroatoms. The largest absolute Gasteiger partial charge is 0.380 e. The fourth-order valence-electron chi connectivity index (χ4n) is 2.83. The second-order valence-electron chi connectivity index (χ2n) is 5.89. The van der Waals surface area contributed by atoms with Crippen LogP contribution < -0.4 is 0 Å². The Balaban J connectivity index is 1.73. The average Bonchev–Trinajstić information content (AvgIpc) is 2.62. The van der Waals surface area contributed by atoms with Crippen LogP contribution in [0.25, 0.3) is 11.3 Å². The van der Waals surface area contributed by atoms with Crippen LogP contribution in [0, 0.1) is 6.92 Å². The molecule has 0 radical (unpaired) electrons. The highest BCUT2D eigenvalue weighted by atomic mass is 16.5. The maximum atomic E-state index is 12.6. The van der Waals surface area contributed by atoms with E-state index in [1.54, 1.807) is 7.11 Å². The summed E-state index contributed by atoms with van der Waals surface area (Å²) in [5, 5.41) is 8.24. The minimum Gasteiger partial charge on any atom is -0.380 e. The van der Waals surface area contributed by atoms with Crippen molar-refractivity contribution in [3.63, 3.8) is 0 Å². The van der Waals surface area contributed by atoms with Crippen LogP contribution in [0.1, 0.15) is 28.9 Å². The van der Waals surface area contributed by atoms with Crippen molar-refractivity contribution >= 4 is 5.91 Å². The standard InChI is InChI=1S/C18H21N3O2/c1-13-5-10-17(20-19-13)14-6-8-15(9-7-14)18(22)21-11-3-4-16(12-21)23-2/h5-10,16H,3-4,11-12H2,1-2H3. The Morgan fingerprint density at radius 3 is 2.61 bits per heavy atom. The minimum absolute atomic E-state index is 0.0632. The number of hydrogen-bond donors (Lipinski definition) is 0. The molecule has 23 heavy (non-hydrogen) atoms. The Labute approximate surface area is 136 Å². The number of aryl methyl sites for hydroxylation is 1. The molecule has 1 aromatic heterocycles. The third-order valence-corrected chi connectivity index (χ3v) is 4.22. The number of methoxy groups -OCH3 is 1. The first-order valence-corrected chi connectivity index (χ1v) is 7.90. The molecule has 0 bridgehead atoms. The highest BCUT2D eigenvalue weighted by molar-refractivity contribution is 5.94. The number of ether oxygens (including phenoxy) is 1. The van der Waals surface area contributed by atoms with E-state index in [0.29, 0.717) is 12.1 Å². The molecule has 1 unspecified atom stereocenters. The predicted molar refractivity (Wildman–Crippen MR) is 88.1 cm³/mol. The first kappa shape index (κ1) is 15.6. The Kier molecular flexibility index (Phi) is 4.67. The lowest BCUT2D eigenvalue weighted by Crippen LogP contribution is -2.42. The van der Waals surface area contributed by atoms with Crippen molar-refractivity contribution < 1.29 is 9.53 Å². The number of carbonyl (C=O) groups excluding carboxylic acids is 1. The van der Waals surface area contributed by atoms with Crippen LogP contribution in [0.3, 0.4) is 0 Å². The van der Waals surface area contributed by atoms with Crippen LogP contribution in [0.4, 0.5) is 0 Å². The van der Waals surface area contributed by atoms with Crippen molar-refractivity contribution in [3.8, 4) is 11.3 Å². The molecule has 1 aliphatic heterocycles. The lowest BCUT2D eigenvalue weighted by Gasteiger charge is -2.32. The van der Waals surface area contributed by atoms with E-state index in [0.717, 1.165) is 36.3 Å². The number of aromatic nitrogens is 2. The van der Waals surface area contributed by atoms with Crippen LogP contribution in [0.5, 0.6) is 0 Å². The fraction of sp³-hybridized carbons (Fsp3) is 0.389. The van der Waals surface area contributed by atoms with E-state index >= 15 is 0 Å². The molecule has 2 heterocycles. The van der Waals surface area contributed by atoms with E-state index in [-0.39, 0.29) is 12.0 Å². The van der Waals surface area contributed by atoms with Gasteiger partial charge < -0.3 is 9.64 Å². The zero-order chi connectivity index (χ0) is 16.2. The molecule has 2 aromatic rings. The monoisotopic (exact) mass is 311 g/mol. The van der Waals surface area contributed by atoms with Crippen LogP contribution in [-0.4, -0.2) is 47.3 Å². The molecule has 1 fully saturated rings. The van der Waals surface area contributed by atoms with Crippen LogP contribution in [0.15, 0.2) is 36.4 Å². The van der Waals surface area contributed by atoms with Crippen LogP contribution in [0.2, 0.25) is 0 Å². The average molecular weight is 311 g/mol. The van der Waals surface area contributed by atoms with Crippen molar-refractivity contribution in [2.45, 2.75) is 25.9 Å². The Morgan fingerprint density at radius 1 is 1.17 bits per heavy atom. The second-order valence-corrected chi connectivity index (χ2v) is 5.89. The lowest BCUT2D eigenvalue weighted by atomic mass is 10.0. The van der Waals surface area contributed by atoms with Gasteiger partial charge in [0.1, 0.15) is 0 Å². The highest BCUT2D eigenvalue weighted by Crippen LogP contribution is 2.19. The topological polar surface area (TPSA) is 55.3 Å². The van der Waals surface area contributed by atoms with Crippen molar-refractivity contribution in [1.82, 2.24) is 15.1 Å². The molecule has 0 N–H and O–H groups in total. The number of likely N-dealkylation sites (tertiary alicyclic amines) is 1. The lowest BCUT2D eigenvalue weighted by molar-refractivity contribution is 0.0269. The summed E-state index contributed by atoms with van der Waals surface area (Å²) in [4.78, 5) is 14.5. The zero-order valence-electron chi connectivity index (χ0n) is 13.5. The minimum atomic E-state index is 0.0632. The molecule has 0 saturated carbocycles. The molecule has 0 aliphatic carbocycles. The SMILES string of the molecule is COC1CCCN(C(=O)c2ccc(-c3ccc(C)nn3)cc2)C1. The number of nitrogens with zero attached hydrogens (tertiary/aromatic N) is 3. The quantitative estimate of drug-likeness (QED) is 0.874. The predicted octanol–water partition coefficient (Wildman–Crippen LogP) is 2.70. The van der Waals surface area contributed by atoms with Gasteiger partial charge in [-0.3, -0.25) is 4.79 Å². The molecule has 120 valence electrons. The van der Waals surface area contributed by atoms with Crippen molar-refractivity contribution in [3.05, 3.63) is 47.7 Å². The Morgan fingerprint density at radius 2 is 1.96 bits per heavy atom. The number of benzene rings is 1. The van der Waals surface area contributed by atoms with E-state index in [1.165, 1.54) is 0 Å². The van der Waals surface area contributed by atoms with Gasteiger partial charge in [0.05, 0.1) is 17.5 Å². The zero-order valence-corrected chi connectivity index (χ0v) is 13.5.